The van der Waals surface area contributed by atoms with Crippen molar-refractivity contribution in [2.45, 2.75) is 130 Å². The smallest absolute Gasteiger partial charge is 0.221 e. The summed E-state index contributed by atoms with van der Waals surface area (Å²) in [6.45, 7) is 13.6. The zero-order chi connectivity index (χ0) is 24.3. The summed E-state index contributed by atoms with van der Waals surface area (Å²) in [7, 11) is 0. The van der Waals surface area contributed by atoms with Crippen LogP contribution < -0.4 is 10.6 Å². The lowest BCUT2D eigenvalue weighted by molar-refractivity contribution is -0.127. The fourth-order valence-electron chi connectivity index (χ4n) is 5.37. The van der Waals surface area contributed by atoms with Crippen molar-refractivity contribution in [3.05, 3.63) is 0 Å². The van der Waals surface area contributed by atoms with Crippen LogP contribution in [-0.2, 0) is 4.79 Å². The number of hydrogen-bond donors (Lipinski definition) is 2. The van der Waals surface area contributed by atoms with Gasteiger partial charge in [-0.05, 0) is 45.4 Å². The molecular formula is C26H49N5OS. The molecule has 2 unspecified atom stereocenters. The van der Waals surface area contributed by atoms with Gasteiger partial charge in [0.15, 0.2) is 5.66 Å². The van der Waals surface area contributed by atoms with E-state index in [4.69, 9.17) is 17.2 Å². The van der Waals surface area contributed by atoms with Gasteiger partial charge in [-0.2, -0.15) is 0 Å². The summed E-state index contributed by atoms with van der Waals surface area (Å²) >= 11 is 6.13. The van der Waals surface area contributed by atoms with Crippen molar-refractivity contribution < 1.29 is 4.79 Å². The number of amidine groups is 1. The lowest BCUT2D eigenvalue weighted by Crippen LogP contribution is -2.79. The number of aliphatic imine (C=N–C) groups is 1. The zero-order valence-electron chi connectivity index (χ0n) is 21.9. The van der Waals surface area contributed by atoms with Crippen molar-refractivity contribution in [1.29, 1.82) is 0 Å². The first-order valence-electron chi connectivity index (χ1n) is 13.6. The van der Waals surface area contributed by atoms with E-state index in [0.717, 1.165) is 76.8 Å². The van der Waals surface area contributed by atoms with Crippen molar-refractivity contribution in [1.82, 2.24) is 20.4 Å². The third kappa shape index (κ3) is 7.22. The minimum absolute atomic E-state index is 0.0734. The van der Waals surface area contributed by atoms with Crippen LogP contribution in [0, 0.1) is 0 Å². The summed E-state index contributed by atoms with van der Waals surface area (Å²) in [5, 5.41) is 6.89. The Balaban J connectivity index is 2.62. The third-order valence-electron chi connectivity index (χ3n) is 7.01. The molecule has 1 fully saturated rings. The van der Waals surface area contributed by atoms with Crippen LogP contribution in [0.4, 0.5) is 0 Å². The van der Waals surface area contributed by atoms with E-state index in [2.05, 4.69) is 48.1 Å². The van der Waals surface area contributed by atoms with Crippen LogP contribution in [0.5, 0.6) is 0 Å². The molecule has 0 aromatic rings. The molecule has 0 saturated heterocycles. The summed E-state index contributed by atoms with van der Waals surface area (Å²) < 4.78 is 0. The number of carbonyl (C=O) groups is 1. The topological polar surface area (TPSA) is 60.0 Å². The maximum absolute atomic E-state index is 13.2. The van der Waals surface area contributed by atoms with Crippen molar-refractivity contribution in [2.24, 2.45) is 4.99 Å². The highest BCUT2D eigenvalue weighted by atomic mass is 32.1. The molecule has 2 N–H and O–H groups in total. The second kappa shape index (κ2) is 14.4. The monoisotopic (exact) mass is 479 g/mol. The summed E-state index contributed by atoms with van der Waals surface area (Å²) in [6.07, 6.45) is 12.7. The van der Waals surface area contributed by atoms with Gasteiger partial charge >= 0.3 is 0 Å². The van der Waals surface area contributed by atoms with Crippen molar-refractivity contribution >= 4 is 28.9 Å². The molecule has 0 aromatic heterocycles. The Labute approximate surface area is 208 Å². The van der Waals surface area contributed by atoms with Gasteiger partial charge in [-0.3, -0.25) is 14.6 Å². The highest BCUT2D eigenvalue weighted by Crippen LogP contribution is 2.34. The normalized spacial score (nSPS) is 24.2. The molecule has 1 amide bonds. The van der Waals surface area contributed by atoms with Crippen molar-refractivity contribution in [3.8, 4) is 0 Å². The van der Waals surface area contributed by atoms with Crippen LogP contribution in [0.25, 0.3) is 0 Å². The van der Waals surface area contributed by atoms with Gasteiger partial charge in [0, 0.05) is 32.1 Å². The van der Waals surface area contributed by atoms with E-state index >= 15 is 0 Å². The predicted molar refractivity (Wildman–Crippen MR) is 144 cm³/mol. The minimum atomic E-state index is -0.805. The van der Waals surface area contributed by atoms with E-state index in [9.17, 15) is 4.79 Å². The lowest BCUT2D eigenvalue weighted by Gasteiger charge is -2.55. The van der Waals surface area contributed by atoms with Crippen LogP contribution in [0.2, 0.25) is 0 Å². The highest BCUT2D eigenvalue weighted by molar-refractivity contribution is 7.80. The first kappa shape index (κ1) is 28.2. The van der Waals surface area contributed by atoms with E-state index < -0.39 is 5.66 Å². The summed E-state index contributed by atoms with van der Waals surface area (Å²) in [4.78, 5) is 24.2. The number of unbranched alkanes of at least 4 members (excludes halogenated alkanes) is 2. The van der Waals surface area contributed by atoms with E-state index in [1.165, 1.54) is 19.3 Å². The second-order valence-electron chi connectivity index (χ2n) is 9.84. The Morgan fingerprint density at radius 2 is 1.67 bits per heavy atom. The molecule has 1 aliphatic carbocycles. The third-order valence-corrected chi connectivity index (χ3v) is 7.43. The van der Waals surface area contributed by atoms with Gasteiger partial charge in [-0.1, -0.05) is 72.0 Å². The zero-order valence-corrected chi connectivity index (χ0v) is 22.7. The average molecular weight is 480 g/mol. The van der Waals surface area contributed by atoms with Gasteiger partial charge in [0.25, 0.3) is 0 Å². The lowest BCUT2D eigenvalue weighted by atomic mass is 9.89. The van der Waals surface area contributed by atoms with Crippen molar-refractivity contribution in [2.75, 3.05) is 19.6 Å². The highest BCUT2D eigenvalue weighted by Gasteiger charge is 2.55. The molecule has 33 heavy (non-hydrogen) atoms. The molecule has 2 aliphatic rings. The Hall–Kier alpha value is -1.05. The van der Waals surface area contributed by atoms with Gasteiger partial charge in [-0.25, -0.2) is 4.99 Å². The van der Waals surface area contributed by atoms with E-state index in [0.29, 0.717) is 17.5 Å². The number of hydrogen-bond acceptors (Lipinski definition) is 5. The van der Waals surface area contributed by atoms with E-state index in [1.54, 1.807) is 0 Å². The van der Waals surface area contributed by atoms with Crippen LogP contribution in [-0.4, -0.2) is 64.0 Å². The van der Waals surface area contributed by atoms with Gasteiger partial charge in [0.2, 0.25) is 5.91 Å². The average Bonchev–Trinajstić information content (AvgIpc) is 2.80. The number of amides is 1. The fourth-order valence-corrected chi connectivity index (χ4v) is 5.79. The number of rotatable bonds is 14. The number of carbonyl (C=O) groups excluding carboxylic acids is 1. The molecule has 6 nitrogen and oxygen atoms in total. The molecule has 2 rings (SSSR count). The molecule has 7 heteroatoms. The van der Waals surface area contributed by atoms with Crippen molar-refractivity contribution in [3.63, 3.8) is 0 Å². The van der Waals surface area contributed by atoms with Crippen LogP contribution in [0.3, 0.4) is 0 Å². The first-order chi connectivity index (χ1) is 15.9. The maximum Gasteiger partial charge on any atom is 0.221 e. The predicted octanol–water partition coefficient (Wildman–Crippen LogP) is 5.22. The SMILES string of the molecule is CCCCN(CCCC)C1N=C(C)NC(=S)C1(NC(=O)CCC)N(CCC)C1CCCCC1. The van der Waals surface area contributed by atoms with Gasteiger partial charge in [0.05, 0.1) is 0 Å². The number of thiocarbonyl (C=S) groups is 1. The van der Waals surface area contributed by atoms with Gasteiger partial charge in [0.1, 0.15) is 17.0 Å². The fraction of sp³-hybridized carbons (Fsp3) is 0.885. The Morgan fingerprint density at radius 1 is 1.03 bits per heavy atom. The molecule has 0 bridgehead atoms. The molecule has 0 aromatic carbocycles. The Bertz CT molecular complexity index is 641. The van der Waals surface area contributed by atoms with Crippen LogP contribution in [0.15, 0.2) is 4.99 Å². The molecular weight excluding hydrogens is 430 g/mol. The molecule has 1 heterocycles. The van der Waals surface area contributed by atoms with E-state index in [-0.39, 0.29) is 12.1 Å². The molecule has 0 radical (unpaired) electrons. The standard InChI is InChI=1S/C26H49N5OS/c1-6-10-19-30(20-11-7-2)24-26(29-23(32)15-8-3,25(33)28-21(5)27-24)31(18-9-4)22-16-13-12-14-17-22/h22,24H,6-20H2,1-5H3,(H,29,32)(H,27,28,33). The summed E-state index contributed by atoms with van der Waals surface area (Å²) in [5.41, 5.74) is -0.805. The number of nitrogens with one attached hydrogen (secondary N) is 2. The second-order valence-corrected chi connectivity index (χ2v) is 10.2. The summed E-state index contributed by atoms with van der Waals surface area (Å²) in [5.74, 6) is 0.924. The molecule has 0 spiro atoms. The Kier molecular flexibility index (Phi) is 12.3. The van der Waals surface area contributed by atoms with Crippen LogP contribution >= 0.6 is 12.2 Å². The largest absolute Gasteiger partial charge is 0.335 e. The van der Waals surface area contributed by atoms with Gasteiger partial charge < -0.3 is 10.6 Å². The molecule has 190 valence electrons. The van der Waals surface area contributed by atoms with E-state index in [1.807, 2.05) is 6.92 Å². The maximum atomic E-state index is 13.2. The number of nitrogens with zero attached hydrogens (tertiary/aromatic N) is 3. The molecule has 2 atom stereocenters. The molecule has 1 aliphatic heterocycles. The first-order valence-corrected chi connectivity index (χ1v) is 14.0. The Morgan fingerprint density at radius 3 is 2.21 bits per heavy atom. The molecule has 1 saturated carbocycles. The minimum Gasteiger partial charge on any atom is -0.335 e. The quantitative estimate of drug-likeness (QED) is 0.264. The summed E-state index contributed by atoms with van der Waals surface area (Å²) in [6, 6.07) is 0.413. The van der Waals surface area contributed by atoms with Crippen LogP contribution in [0.1, 0.15) is 112 Å². The van der Waals surface area contributed by atoms with Gasteiger partial charge in [-0.15, -0.1) is 0 Å².